The zero-order valence-corrected chi connectivity index (χ0v) is 19.5. The minimum Gasteiger partial charge on any atom is -0.495 e. The molecule has 0 spiro atoms. The van der Waals surface area contributed by atoms with Gasteiger partial charge in [0.05, 0.1) is 23.6 Å². The van der Waals surface area contributed by atoms with Crippen molar-refractivity contribution in [3.05, 3.63) is 53.1 Å². The van der Waals surface area contributed by atoms with Crippen LogP contribution < -0.4 is 10.1 Å². The fourth-order valence-electron chi connectivity index (χ4n) is 3.65. The largest absolute Gasteiger partial charge is 0.495 e. The maximum Gasteiger partial charge on any atom is 0.270 e. The molecule has 2 aromatic carbocycles. The summed E-state index contributed by atoms with van der Waals surface area (Å²) in [5.41, 5.74) is 2.15. The van der Waals surface area contributed by atoms with E-state index in [9.17, 15) is 9.59 Å². The number of nitrogens with zero attached hydrogens (tertiary/aromatic N) is 3. The number of anilines is 1. The van der Waals surface area contributed by atoms with Crippen molar-refractivity contribution in [1.82, 2.24) is 4.90 Å². The average Bonchev–Trinajstić information content (AvgIpc) is 3.08. The van der Waals surface area contributed by atoms with Crippen molar-refractivity contribution in [3.63, 3.8) is 0 Å². The first kappa shape index (κ1) is 22.4. The Morgan fingerprint density at radius 1 is 1.25 bits per heavy atom. The minimum atomic E-state index is -0.409. The number of hydrogen-bond acceptors (Lipinski definition) is 6. The molecule has 0 saturated carbocycles. The Hall–Kier alpha value is -2.84. The predicted molar refractivity (Wildman–Crippen MR) is 129 cm³/mol. The number of para-hydroxylation sites is 1. The second-order valence-electron chi connectivity index (χ2n) is 7.89. The quantitative estimate of drug-likeness (QED) is 0.660. The first-order valence-corrected chi connectivity index (χ1v) is 11.6. The van der Waals surface area contributed by atoms with Gasteiger partial charge in [-0.05, 0) is 42.7 Å². The molecule has 32 heavy (non-hydrogen) atoms. The summed E-state index contributed by atoms with van der Waals surface area (Å²) in [6, 6.07) is 12.2. The first-order chi connectivity index (χ1) is 15.4. The Kier molecular flexibility index (Phi) is 6.53. The van der Waals surface area contributed by atoms with E-state index in [2.05, 4.69) is 24.2 Å². The molecular formula is C23H23ClN4O3S. The molecule has 166 valence electrons. The number of carbonyl (C=O) groups is 2. The van der Waals surface area contributed by atoms with Crippen molar-refractivity contribution in [1.29, 1.82) is 0 Å². The van der Waals surface area contributed by atoms with E-state index in [0.717, 1.165) is 11.3 Å². The molecule has 0 radical (unpaired) electrons. The molecule has 2 amide bonds. The third kappa shape index (κ3) is 4.52. The Bertz CT molecular complexity index is 1130. The van der Waals surface area contributed by atoms with Crippen LogP contribution in [-0.2, 0) is 9.59 Å². The summed E-state index contributed by atoms with van der Waals surface area (Å²) in [6.45, 7) is 4.14. The van der Waals surface area contributed by atoms with Crippen LogP contribution in [-0.4, -0.2) is 46.6 Å². The molecule has 1 N–H and O–H groups in total. The second kappa shape index (κ2) is 9.34. The average molecular weight is 471 g/mol. The number of halogens is 1. The number of fused-ring (bicyclic) bond motifs is 3. The number of nitrogens with one attached hydrogen (secondary N) is 1. The fourth-order valence-corrected chi connectivity index (χ4v) is 4.75. The summed E-state index contributed by atoms with van der Waals surface area (Å²) in [7, 11) is 1.53. The number of aliphatic imine (C=N–C) groups is 2. The molecule has 0 saturated heterocycles. The van der Waals surface area contributed by atoms with E-state index in [4.69, 9.17) is 21.3 Å². The third-order valence-electron chi connectivity index (χ3n) is 5.07. The fraction of sp³-hybridized carbons (Fsp3) is 0.304. The minimum absolute atomic E-state index is 0.122. The van der Waals surface area contributed by atoms with Gasteiger partial charge < -0.3 is 10.1 Å². The summed E-state index contributed by atoms with van der Waals surface area (Å²) in [5.74, 6) is 1.20. The van der Waals surface area contributed by atoms with E-state index in [1.807, 2.05) is 29.2 Å². The molecule has 0 aliphatic carbocycles. The molecule has 1 atom stereocenters. The van der Waals surface area contributed by atoms with Gasteiger partial charge in [-0.3, -0.25) is 14.5 Å². The predicted octanol–water partition coefficient (Wildman–Crippen LogP) is 4.73. The van der Waals surface area contributed by atoms with Gasteiger partial charge in [-0.1, -0.05) is 49.3 Å². The SMILES string of the molecule is COc1ccc(NC(=O)CSC2=Nc3ccccc3C3=NC(=O)C(CC(C)C)N23)cc1Cl. The summed E-state index contributed by atoms with van der Waals surface area (Å²) in [6.07, 6.45) is 0.657. The number of rotatable bonds is 6. The molecule has 2 aliphatic rings. The number of amidine groups is 2. The number of thioether (sulfide) groups is 1. The van der Waals surface area contributed by atoms with Crippen LogP contribution in [0.15, 0.2) is 52.4 Å². The van der Waals surface area contributed by atoms with E-state index in [1.165, 1.54) is 18.9 Å². The lowest BCUT2D eigenvalue weighted by Crippen LogP contribution is -2.44. The second-order valence-corrected chi connectivity index (χ2v) is 9.24. The van der Waals surface area contributed by atoms with Crippen LogP contribution in [0.1, 0.15) is 25.8 Å². The number of amides is 2. The number of hydrogen-bond donors (Lipinski definition) is 1. The number of benzene rings is 2. The van der Waals surface area contributed by atoms with Crippen LogP contribution in [0.2, 0.25) is 5.02 Å². The van der Waals surface area contributed by atoms with Crippen molar-refractivity contribution in [2.75, 3.05) is 18.2 Å². The van der Waals surface area contributed by atoms with Crippen molar-refractivity contribution >= 4 is 57.6 Å². The van der Waals surface area contributed by atoms with Gasteiger partial charge in [0, 0.05) is 11.3 Å². The van der Waals surface area contributed by atoms with Crippen LogP contribution in [0.25, 0.3) is 0 Å². The van der Waals surface area contributed by atoms with Crippen LogP contribution in [0.5, 0.6) is 5.75 Å². The van der Waals surface area contributed by atoms with Crippen molar-refractivity contribution < 1.29 is 14.3 Å². The number of carbonyl (C=O) groups excluding carboxylic acids is 2. The highest BCUT2D eigenvalue weighted by Gasteiger charge is 2.41. The molecule has 0 bridgehead atoms. The highest BCUT2D eigenvalue weighted by Crippen LogP contribution is 2.35. The van der Waals surface area contributed by atoms with Gasteiger partial charge >= 0.3 is 0 Å². The van der Waals surface area contributed by atoms with Gasteiger partial charge in [-0.25, -0.2) is 4.99 Å². The van der Waals surface area contributed by atoms with Gasteiger partial charge in [0.15, 0.2) is 5.17 Å². The highest BCUT2D eigenvalue weighted by molar-refractivity contribution is 8.14. The van der Waals surface area contributed by atoms with Gasteiger partial charge in [-0.2, -0.15) is 4.99 Å². The number of ether oxygens (including phenoxy) is 1. The maximum absolute atomic E-state index is 12.7. The summed E-state index contributed by atoms with van der Waals surface area (Å²) >= 11 is 7.42. The summed E-state index contributed by atoms with van der Waals surface area (Å²) < 4.78 is 5.14. The number of methoxy groups -OCH3 is 1. The van der Waals surface area contributed by atoms with E-state index in [1.54, 1.807) is 18.2 Å². The lowest BCUT2D eigenvalue weighted by molar-refractivity contribution is -0.120. The van der Waals surface area contributed by atoms with E-state index < -0.39 is 6.04 Å². The molecule has 0 fully saturated rings. The summed E-state index contributed by atoms with van der Waals surface area (Å²) in [5, 5.41) is 3.85. The molecule has 4 rings (SSSR count). The molecule has 7 nitrogen and oxygen atoms in total. The molecular weight excluding hydrogens is 448 g/mol. The monoisotopic (exact) mass is 470 g/mol. The van der Waals surface area contributed by atoms with Crippen LogP contribution in [0.4, 0.5) is 11.4 Å². The van der Waals surface area contributed by atoms with Crippen molar-refractivity contribution in [2.24, 2.45) is 15.9 Å². The molecule has 2 aromatic rings. The van der Waals surface area contributed by atoms with Gasteiger partial charge in [0.2, 0.25) is 5.91 Å². The third-order valence-corrected chi connectivity index (χ3v) is 6.32. The van der Waals surface area contributed by atoms with Gasteiger partial charge in [0.1, 0.15) is 17.6 Å². The zero-order chi connectivity index (χ0) is 22.8. The normalized spacial score (nSPS) is 17.0. The Labute approximate surface area is 195 Å². The lowest BCUT2D eigenvalue weighted by atomic mass is 10.0. The van der Waals surface area contributed by atoms with E-state index in [0.29, 0.717) is 39.8 Å². The molecule has 2 aliphatic heterocycles. The van der Waals surface area contributed by atoms with Gasteiger partial charge in [-0.15, -0.1) is 0 Å². The highest BCUT2D eigenvalue weighted by atomic mass is 35.5. The smallest absolute Gasteiger partial charge is 0.270 e. The standard InChI is InChI=1S/C23H23ClN4O3S/c1-13(2)10-18-22(30)27-21-15-6-4-5-7-17(15)26-23(28(18)21)32-12-20(29)25-14-8-9-19(31-3)16(24)11-14/h4-9,11,13,18H,10,12H2,1-3H3,(H,25,29). The Morgan fingerprint density at radius 3 is 2.75 bits per heavy atom. The Balaban J connectivity index is 1.53. The lowest BCUT2D eigenvalue weighted by Gasteiger charge is -2.31. The maximum atomic E-state index is 12.7. The van der Waals surface area contributed by atoms with Gasteiger partial charge in [0.25, 0.3) is 5.91 Å². The first-order valence-electron chi connectivity index (χ1n) is 10.2. The van der Waals surface area contributed by atoms with Crippen LogP contribution in [0, 0.1) is 5.92 Å². The molecule has 1 unspecified atom stereocenters. The molecule has 0 aromatic heterocycles. The Morgan fingerprint density at radius 2 is 2.03 bits per heavy atom. The van der Waals surface area contributed by atoms with E-state index >= 15 is 0 Å². The van der Waals surface area contributed by atoms with Crippen LogP contribution >= 0.6 is 23.4 Å². The molecule has 9 heteroatoms. The summed E-state index contributed by atoms with van der Waals surface area (Å²) in [4.78, 5) is 36.3. The van der Waals surface area contributed by atoms with Crippen molar-refractivity contribution in [3.8, 4) is 5.75 Å². The van der Waals surface area contributed by atoms with Crippen LogP contribution in [0.3, 0.4) is 0 Å². The molecule has 2 heterocycles. The zero-order valence-electron chi connectivity index (χ0n) is 18.0. The van der Waals surface area contributed by atoms with E-state index in [-0.39, 0.29) is 17.6 Å². The van der Waals surface area contributed by atoms with Crippen molar-refractivity contribution in [2.45, 2.75) is 26.3 Å². The topological polar surface area (TPSA) is 83.4 Å².